The first kappa shape index (κ1) is 14.2. The summed E-state index contributed by atoms with van der Waals surface area (Å²) in [4.78, 5) is 16.0. The number of amides is 1. The van der Waals surface area contributed by atoms with Crippen molar-refractivity contribution in [1.29, 1.82) is 0 Å². The van der Waals surface area contributed by atoms with E-state index in [2.05, 4.69) is 31.3 Å². The van der Waals surface area contributed by atoms with Crippen molar-refractivity contribution in [3.05, 3.63) is 40.6 Å². The van der Waals surface area contributed by atoms with Crippen LogP contribution < -0.4 is 5.32 Å². The van der Waals surface area contributed by atoms with Gasteiger partial charge >= 0.3 is 0 Å². The zero-order valence-corrected chi connectivity index (χ0v) is 12.9. The number of benzene rings is 1. The van der Waals surface area contributed by atoms with Crippen molar-refractivity contribution < 1.29 is 9.53 Å². The molecule has 1 saturated heterocycles. The quantitative estimate of drug-likeness (QED) is 0.917. The Bertz CT molecular complexity index is 620. The van der Waals surface area contributed by atoms with Crippen LogP contribution in [0.3, 0.4) is 0 Å². The maximum Gasteiger partial charge on any atom is 0.255 e. The van der Waals surface area contributed by atoms with Crippen LogP contribution in [0.25, 0.3) is 0 Å². The number of carbonyl (C=O) groups excluding carboxylic acids is 1. The minimum absolute atomic E-state index is 0.172. The molecule has 110 valence electrons. The second-order valence-electron chi connectivity index (χ2n) is 4.88. The van der Waals surface area contributed by atoms with E-state index in [4.69, 9.17) is 4.74 Å². The normalized spacial score (nSPS) is 17.9. The molecule has 0 bridgehead atoms. The highest BCUT2D eigenvalue weighted by molar-refractivity contribution is 9.10. The number of ether oxygens (including phenoxy) is 1. The van der Waals surface area contributed by atoms with E-state index in [1.54, 1.807) is 11.0 Å². The van der Waals surface area contributed by atoms with Crippen LogP contribution in [0.4, 0.5) is 5.95 Å². The fraction of sp³-hybridized carbons (Fsp3) is 0.357. The average Bonchev–Trinajstić information content (AvgIpc) is 3.13. The Morgan fingerprint density at radius 3 is 2.95 bits per heavy atom. The molecule has 0 radical (unpaired) electrons. The Labute approximate surface area is 130 Å². The molecule has 6 nitrogen and oxygen atoms in total. The van der Waals surface area contributed by atoms with E-state index < -0.39 is 0 Å². The third-order valence-electron chi connectivity index (χ3n) is 3.25. The van der Waals surface area contributed by atoms with Gasteiger partial charge in [0.2, 0.25) is 5.95 Å². The van der Waals surface area contributed by atoms with Gasteiger partial charge in [0.15, 0.2) is 0 Å². The van der Waals surface area contributed by atoms with Gasteiger partial charge in [0.05, 0.1) is 6.54 Å². The first-order valence-corrected chi connectivity index (χ1v) is 7.56. The molecule has 2 heterocycles. The van der Waals surface area contributed by atoms with Gasteiger partial charge in [-0.2, -0.15) is 0 Å². The van der Waals surface area contributed by atoms with Gasteiger partial charge in [0.25, 0.3) is 5.91 Å². The van der Waals surface area contributed by atoms with Crippen LogP contribution in [-0.2, 0) is 16.1 Å². The van der Waals surface area contributed by atoms with E-state index >= 15 is 0 Å². The predicted molar refractivity (Wildman–Crippen MR) is 80.9 cm³/mol. The van der Waals surface area contributed by atoms with Crippen molar-refractivity contribution in [2.45, 2.75) is 25.5 Å². The van der Waals surface area contributed by atoms with Gasteiger partial charge in [0.1, 0.15) is 12.4 Å². The smallest absolute Gasteiger partial charge is 0.255 e. The van der Waals surface area contributed by atoms with Crippen molar-refractivity contribution in [3.63, 3.8) is 0 Å². The number of carbonyl (C=O) groups is 1. The highest BCUT2D eigenvalue weighted by Crippen LogP contribution is 2.14. The second-order valence-corrected chi connectivity index (χ2v) is 5.80. The summed E-state index contributed by atoms with van der Waals surface area (Å²) in [5, 5.41) is 6.93. The molecule has 1 aliphatic heterocycles. The number of anilines is 1. The molecular weight excluding hydrogens is 336 g/mol. The van der Waals surface area contributed by atoms with Crippen molar-refractivity contribution in [2.24, 2.45) is 0 Å². The summed E-state index contributed by atoms with van der Waals surface area (Å²) in [7, 11) is 0. The van der Waals surface area contributed by atoms with Crippen LogP contribution in [0.2, 0.25) is 0 Å². The van der Waals surface area contributed by atoms with Gasteiger partial charge in [-0.3, -0.25) is 10.1 Å². The molecule has 0 aliphatic carbocycles. The summed E-state index contributed by atoms with van der Waals surface area (Å²) < 4.78 is 8.05. The predicted octanol–water partition coefficient (Wildman–Crippen LogP) is 2.21. The lowest BCUT2D eigenvalue weighted by Crippen LogP contribution is -2.27. The zero-order chi connectivity index (χ0) is 14.7. The van der Waals surface area contributed by atoms with E-state index in [1.165, 1.54) is 0 Å². The lowest BCUT2D eigenvalue weighted by atomic mass is 10.2. The number of hydrogen-bond acceptors (Lipinski definition) is 4. The summed E-state index contributed by atoms with van der Waals surface area (Å²) in [5.41, 5.74) is 1.11. The Morgan fingerprint density at radius 2 is 2.24 bits per heavy atom. The third-order valence-corrected chi connectivity index (χ3v) is 3.78. The molecule has 0 spiro atoms. The van der Waals surface area contributed by atoms with E-state index in [-0.39, 0.29) is 12.0 Å². The summed E-state index contributed by atoms with van der Waals surface area (Å²) in [6.45, 7) is 1.25. The van der Waals surface area contributed by atoms with Gasteiger partial charge in [0, 0.05) is 11.1 Å². The highest BCUT2D eigenvalue weighted by Gasteiger charge is 2.24. The van der Waals surface area contributed by atoms with E-state index in [1.807, 2.05) is 24.3 Å². The highest BCUT2D eigenvalue weighted by atomic mass is 79.9. The van der Waals surface area contributed by atoms with Crippen molar-refractivity contribution in [2.75, 3.05) is 11.9 Å². The van der Waals surface area contributed by atoms with E-state index in [0.717, 1.165) is 22.9 Å². The minimum Gasteiger partial charge on any atom is -0.368 e. The number of hydrogen-bond donors (Lipinski definition) is 1. The number of halogens is 1. The van der Waals surface area contributed by atoms with Gasteiger partial charge in [-0.1, -0.05) is 28.1 Å². The van der Waals surface area contributed by atoms with E-state index in [9.17, 15) is 4.79 Å². The molecule has 3 rings (SSSR count). The molecule has 21 heavy (non-hydrogen) atoms. The van der Waals surface area contributed by atoms with E-state index in [0.29, 0.717) is 19.1 Å². The topological polar surface area (TPSA) is 69.0 Å². The number of aromatic nitrogens is 3. The Hall–Kier alpha value is -1.73. The molecule has 7 heteroatoms. The molecule has 0 unspecified atom stereocenters. The fourth-order valence-corrected chi connectivity index (χ4v) is 2.44. The minimum atomic E-state index is -0.372. The molecule has 1 aliphatic rings. The Balaban J connectivity index is 1.60. The molecule has 1 aromatic heterocycles. The van der Waals surface area contributed by atoms with Crippen LogP contribution in [-0.4, -0.2) is 33.4 Å². The molecule has 2 aromatic rings. The Kier molecular flexibility index (Phi) is 4.31. The molecular formula is C14H15BrN4O2. The first-order valence-electron chi connectivity index (χ1n) is 6.77. The van der Waals surface area contributed by atoms with Crippen LogP contribution in [0.5, 0.6) is 0 Å². The van der Waals surface area contributed by atoms with Crippen molar-refractivity contribution in [3.8, 4) is 0 Å². The number of nitrogens with one attached hydrogen (secondary N) is 1. The molecule has 1 N–H and O–H groups in total. The summed E-state index contributed by atoms with van der Waals surface area (Å²) in [6.07, 6.45) is 2.91. The molecule has 0 saturated carbocycles. The van der Waals surface area contributed by atoms with Gasteiger partial charge in [-0.25, -0.2) is 9.67 Å². The van der Waals surface area contributed by atoms with Crippen LogP contribution in [0, 0.1) is 0 Å². The number of rotatable bonds is 4. The molecule has 1 aromatic carbocycles. The maximum absolute atomic E-state index is 11.9. The lowest BCUT2D eigenvalue weighted by Gasteiger charge is -2.07. The standard InChI is InChI=1S/C14H15BrN4O2/c15-11-5-3-10(4-6-11)8-19-9-16-14(18-19)17-13(20)12-2-1-7-21-12/h3-6,9,12H,1-2,7-8H2,(H,17,18,20)/t12-/m0/s1. The van der Waals surface area contributed by atoms with Gasteiger partial charge in [-0.05, 0) is 30.5 Å². The SMILES string of the molecule is O=C(Nc1ncn(Cc2ccc(Br)cc2)n1)[C@@H]1CCCO1. The largest absolute Gasteiger partial charge is 0.368 e. The second kappa shape index (κ2) is 6.36. The number of nitrogens with zero attached hydrogens (tertiary/aromatic N) is 3. The fourth-order valence-electron chi connectivity index (χ4n) is 2.18. The summed E-state index contributed by atoms with van der Waals surface area (Å²) >= 11 is 3.40. The lowest BCUT2D eigenvalue weighted by molar-refractivity contribution is -0.124. The Morgan fingerprint density at radius 1 is 1.43 bits per heavy atom. The van der Waals surface area contributed by atoms with Crippen molar-refractivity contribution in [1.82, 2.24) is 14.8 Å². The van der Waals surface area contributed by atoms with Crippen molar-refractivity contribution >= 4 is 27.8 Å². The van der Waals surface area contributed by atoms with Gasteiger partial charge in [-0.15, -0.1) is 5.10 Å². The third kappa shape index (κ3) is 3.68. The average molecular weight is 351 g/mol. The zero-order valence-electron chi connectivity index (χ0n) is 11.3. The monoisotopic (exact) mass is 350 g/mol. The van der Waals surface area contributed by atoms with Crippen LogP contribution >= 0.6 is 15.9 Å². The van der Waals surface area contributed by atoms with Crippen LogP contribution in [0.1, 0.15) is 18.4 Å². The summed E-state index contributed by atoms with van der Waals surface area (Å²) in [6, 6.07) is 7.98. The molecule has 1 fully saturated rings. The summed E-state index contributed by atoms with van der Waals surface area (Å²) in [5.74, 6) is 0.140. The van der Waals surface area contributed by atoms with Crippen LogP contribution in [0.15, 0.2) is 35.1 Å². The first-order chi connectivity index (χ1) is 10.2. The maximum atomic E-state index is 11.9. The molecule has 1 atom stereocenters. The van der Waals surface area contributed by atoms with Gasteiger partial charge < -0.3 is 4.74 Å². The molecule has 1 amide bonds.